The predicted octanol–water partition coefficient (Wildman–Crippen LogP) is 8.77. The standard InChI is InChI=1S/C28H45ClO2/c1-18(2)7-6-8-19(3)23-11-12-24-22-10-9-20-17-21(31-26(29)30)13-15-27(20,4)25(22)14-16-28(23,24)5/h9,18-19,21-25H,6-8,10-17H2,1-5H3/t19-,21+,22+,23-,24+,25?,27+,28-/m1/s1. The monoisotopic (exact) mass is 448 g/mol. The maximum atomic E-state index is 11.2. The van der Waals surface area contributed by atoms with Gasteiger partial charge in [-0.25, -0.2) is 4.79 Å². The number of rotatable bonds is 6. The van der Waals surface area contributed by atoms with Crippen molar-refractivity contribution in [3.05, 3.63) is 11.6 Å². The maximum absolute atomic E-state index is 11.2. The molecule has 4 rings (SSSR count). The summed E-state index contributed by atoms with van der Waals surface area (Å²) >= 11 is 5.51. The number of fused-ring (bicyclic) bond motifs is 5. The summed E-state index contributed by atoms with van der Waals surface area (Å²) in [4.78, 5) is 11.2. The molecule has 0 N–H and O–H groups in total. The van der Waals surface area contributed by atoms with Crippen molar-refractivity contribution >= 4 is 17.0 Å². The van der Waals surface area contributed by atoms with Gasteiger partial charge in [-0.15, -0.1) is 0 Å². The molecule has 0 aromatic rings. The third-order valence-corrected chi connectivity index (χ3v) is 10.6. The first-order chi connectivity index (χ1) is 14.6. The summed E-state index contributed by atoms with van der Waals surface area (Å²) in [6.07, 6.45) is 16.7. The van der Waals surface area contributed by atoms with Crippen LogP contribution in [0.2, 0.25) is 0 Å². The lowest BCUT2D eigenvalue weighted by Gasteiger charge is -2.58. The van der Waals surface area contributed by atoms with Crippen LogP contribution in [0.5, 0.6) is 0 Å². The van der Waals surface area contributed by atoms with E-state index in [1.54, 1.807) is 5.57 Å². The zero-order valence-corrected chi connectivity index (χ0v) is 21.3. The molecular weight excluding hydrogens is 404 g/mol. The highest BCUT2D eigenvalue weighted by atomic mass is 35.5. The third kappa shape index (κ3) is 4.36. The molecule has 0 heterocycles. The SMILES string of the molecule is CC(C)CCC[C@@H](C)[C@H]1CC[C@H]2[C@@H]3CC=C4C[C@@H](OC(=O)Cl)CC[C@]4(C)C3CC[C@]12C. The van der Waals surface area contributed by atoms with E-state index in [0.717, 1.165) is 54.8 Å². The molecule has 0 spiro atoms. The molecule has 2 nitrogen and oxygen atoms in total. The smallest absolute Gasteiger partial charge is 0.404 e. The summed E-state index contributed by atoms with van der Waals surface area (Å²) in [5.74, 6) is 5.19. The second kappa shape index (κ2) is 9.03. The van der Waals surface area contributed by atoms with Gasteiger partial charge in [-0.05, 0) is 91.3 Å². The Balaban J connectivity index is 1.47. The summed E-state index contributed by atoms with van der Waals surface area (Å²) < 4.78 is 5.38. The van der Waals surface area contributed by atoms with Gasteiger partial charge in [-0.3, -0.25) is 0 Å². The molecule has 3 heteroatoms. The van der Waals surface area contributed by atoms with Gasteiger partial charge in [-0.1, -0.05) is 65.5 Å². The minimum absolute atomic E-state index is 0.0164. The van der Waals surface area contributed by atoms with Crippen LogP contribution in [0, 0.1) is 46.3 Å². The summed E-state index contributed by atoms with van der Waals surface area (Å²) in [7, 11) is 0. The van der Waals surface area contributed by atoms with Crippen LogP contribution in [0.1, 0.15) is 105 Å². The second-order valence-corrected chi connectivity index (χ2v) is 12.8. The van der Waals surface area contributed by atoms with Gasteiger partial charge in [0.15, 0.2) is 0 Å². The molecule has 0 radical (unpaired) electrons. The molecule has 176 valence electrons. The van der Waals surface area contributed by atoms with Crippen LogP contribution in [0.15, 0.2) is 11.6 Å². The first kappa shape index (κ1) is 23.7. The van der Waals surface area contributed by atoms with Crippen molar-refractivity contribution in [3.8, 4) is 0 Å². The molecule has 4 aliphatic carbocycles. The molecule has 3 saturated carbocycles. The van der Waals surface area contributed by atoms with Gasteiger partial charge in [0.05, 0.1) is 0 Å². The highest BCUT2D eigenvalue weighted by Gasteiger charge is 2.59. The first-order valence-corrected chi connectivity index (χ1v) is 13.6. The number of carbonyl (C=O) groups is 1. The highest BCUT2D eigenvalue weighted by Crippen LogP contribution is 2.67. The normalized spacial score (nSPS) is 42.9. The highest BCUT2D eigenvalue weighted by molar-refractivity contribution is 6.61. The van der Waals surface area contributed by atoms with E-state index in [9.17, 15) is 4.79 Å². The average molecular weight is 449 g/mol. The molecule has 0 aliphatic heterocycles. The Kier molecular flexibility index (Phi) is 6.89. The van der Waals surface area contributed by atoms with Crippen molar-refractivity contribution in [1.29, 1.82) is 0 Å². The number of hydrogen-bond acceptors (Lipinski definition) is 2. The molecule has 3 fully saturated rings. The van der Waals surface area contributed by atoms with Crippen molar-refractivity contribution < 1.29 is 9.53 Å². The van der Waals surface area contributed by atoms with Gasteiger partial charge >= 0.3 is 5.43 Å². The van der Waals surface area contributed by atoms with E-state index < -0.39 is 5.43 Å². The summed E-state index contributed by atoms with van der Waals surface area (Å²) in [6.45, 7) is 12.5. The van der Waals surface area contributed by atoms with E-state index in [1.165, 1.54) is 51.4 Å². The Bertz CT molecular complexity index is 699. The predicted molar refractivity (Wildman–Crippen MR) is 129 cm³/mol. The summed E-state index contributed by atoms with van der Waals surface area (Å²) in [5, 5.41) is 0. The number of allylic oxidation sites excluding steroid dienone is 1. The molecule has 0 aromatic carbocycles. The average Bonchev–Trinajstić information content (AvgIpc) is 3.05. The molecule has 8 atom stereocenters. The zero-order chi connectivity index (χ0) is 22.4. The van der Waals surface area contributed by atoms with Gasteiger partial charge in [0, 0.05) is 18.0 Å². The van der Waals surface area contributed by atoms with Crippen LogP contribution >= 0.6 is 11.6 Å². The number of ether oxygens (including phenoxy) is 1. The van der Waals surface area contributed by atoms with Crippen LogP contribution in [0.25, 0.3) is 0 Å². The topological polar surface area (TPSA) is 26.3 Å². The molecule has 0 saturated heterocycles. The third-order valence-electron chi connectivity index (χ3n) is 10.5. The minimum atomic E-state index is -0.643. The van der Waals surface area contributed by atoms with E-state index in [1.807, 2.05) is 0 Å². The van der Waals surface area contributed by atoms with E-state index in [0.29, 0.717) is 10.8 Å². The van der Waals surface area contributed by atoms with E-state index >= 15 is 0 Å². The molecule has 4 aliphatic rings. The number of halogens is 1. The quantitative estimate of drug-likeness (QED) is 0.299. The molecule has 0 bridgehead atoms. The first-order valence-electron chi connectivity index (χ1n) is 13.2. The Morgan fingerprint density at radius 3 is 2.58 bits per heavy atom. The van der Waals surface area contributed by atoms with E-state index in [4.69, 9.17) is 16.3 Å². The molecule has 1 unspecified atom stereocenters. The van der Waals surface area contributed by atoms with Gasteiger partial charge in [-0.2, -0.15) is 0 Å². The van der Waals surface area contributed by atoms with Crippen molar-refractivity contribution in [1.82, 2.24) is 0 Å². The van der Waals surface area contributed by atoms with Gasteiger partial charge in [0.1, 0.15) is 6.10 Å². The van der Waals surface area contributed by atoms with Crippen molar-refractivity contribution in [2.75, 3.05) is 0 Å². The fraction of sp³-hybridized carbons (Fsp3) is 0.893. The lowest BCUT2D eigenvalue weighted by Crippen LogP contribution is -2.51. The Morgan fingerprint density at radius 1 is 1.10 bits per heavy atom. The largest absolute Gasteiger partial charge is 0.450 e. The van der Waals surface area contributed by atoms with E-state index in [-0.39, 0.29) is 6.10 Å². The van der Waals surface area contributed by atoms with Crippen LogP contribution in [0.3, 0.4) is 0 Å². The van der Waals surface area contributed by atoms with Gasteiger partial charge < -0.3 is 4.74 Å². The van der Waals surface area contributed by atoms with Gasteiger partial charge in [0.25, 0.3) is 0 Å². The van der Waals surface area contributed by atoms with Crippen LogP contribution < -0.4 is 0 Å². The summed E-state index contributed by atoms with van der Waals surface area (Å²) in [5.41, 5.74) is 1.77. The maximum Gasteiger partial charge on any atom is 0.404 e. The van der Waals surface area contributed by atoms with Crippen molar-refractivity contribution in [2.24, 2.45) is 46.3 Å². The Labute approximate surface area is 195 Å². The van der Waals surface area contributed by atoms with E-state index in [2.05, 4.69) is 40.7 Å². The fourth-order valence-corrected chi connectivity index (χ4v) is 9.01. The molecule has 0 aromatic heterocycles. The lowest BCUT2D eigenvalue weighted by molar-refractivity contribution is -0.0573. The van der Waals surface area contributed by atoms with Crippen molar-refractivity contribution in [2.45, 2.75) is 111 Å². The minimum Gasteiger partial charge on any atom is -0.450 e. The Hall–Kier alpha value is -0.500. The van der Waals surface area contributed by atoms with Crippen LogP contribution in [0.4, 0.5) is 4.79 Å². The van der Waals surface area contributed by atoms with Crippen LogP contribution in [-0.4, -0.2) is 11.5 Å². The lowest BCUT2D eigenvalue weighted by atomic mass is 9.47. The molecule has 31 heavy (non-hydrogen) atoms. The number of carbonyl (C=O) groups excluding carboxylic acids is 1. The molecular formula is C28H45ClO2. The van der Waals surface area contributed by atoms with Gasteiger partial charge in [0.2, 0.25) is 0 Å². The fourth-order valence-electron chi connectivity index (χ4n) is 8.88. The summed E-state index contributed by atoms with van der Waals surface area (Å²) in [6, 6.07) is 0. The Morgan fingerprint density at radius 2 is 1.87 bits per heavy atom. The number of hydrogen-bond donors (Lipinski definition) is 0. The second-order valence-electron chi connectivity index (χ2n) is 12.5. The van der Waals surface area contributed by atoms with Crippen LogP contribution in [-0.2, 0) is 4.74 Å². The molecule has 0 amide bonds. The zero-order valence-electron chi connectivity index (χ0n) is 20.6. The van der Waals surface area contributed by atoms with Crippen molar-refractivity contribution in [3.63, 3.8) is 0 Å².